The lowest BCUT2D eigenvalue weighted by atomic mass is 10.1. The first-order valence-electron chi connectivity index (χ1n) is 5.36. The van der Waals surface area contributed by atoms with Crippen molar-refractivity contribution in [2.45, 2.75) is 6.04 Å². The highest BCUT2D eigenvalue weighted by Crippen LogP contribution is 2.23. The highest BCUT2D eigenvalue weighted by Gasteiger charge is 2.10. The molecule has 1 unspecified atom stereocenters. The van der Waals surface area contributed by atoms with Crippen LogP contribution < -0.4 is 5.32 Å². The van der Waals surface area contributed by atoms with E-state index in [4.69, 9.17) is 0 Å². The maximum atomic E-state index is 9.26. The molecule has 0 aliphatic rings. The van der Waals surface area contributed by atoms with Crippen molar-refractivity contribution in [3.05, 3.63) is 63.0 Å². The standard InChI is InChI=1S/C14H10Br2N2/c15-11-4-1-3-10(7-11)14(9-17)18-13-6-2-5-12(16)8-13/h1-8,14,18H. The molecule has 0 aliphatic heterocycles. The zero-order chi connectivity index (χ0) is 13.0. The first kappa shape index (κ1) is 13.1. The summed E-state index contributed by atoms with van der Waals surface area (Å²) in [6, 6.07) is 17.4. The highest BCUT2D eigenvalue weighted by atomic mass is 79.9. The second-order valence-corrected chi connectivity index (χ2v) is 5.60. The minimum absolute atomic E-state index is 0.364. The molecule has 0 aliphatic carbocycles. The number of nitrogens with zero attached hydrogens (tertiary/aromatic N) is 1. The summed E-state index contributed by atoms with van der Waals surface area (Å²) in [5.74, 6) is 0. The van der Waals surface area contributed by atoms with Crippen LogP contribution >= 0.6 is 31.9 Å². The van der Waals surface area contributed by atoms with Crippen LogP contribution in [0.4, 0.5) is 5.69 Å². The van der Waals surface area contributed by atoms with E-state index in [-0.39, 0.29) is 6.04 Å². The van der Waals surface area contributed by atoms with Gasteiger partial charge in [0.25, 0.3) is 0 Å². The minimum Gasteiger partial charge on any atom is -0.366 e. The Bertz CT molecular complexity index is 590. The second-order valence-electron chi connectivity index (χ2n) is 3.77. The molecule has 1 N–H and O–H groups in total. The zero-order valence-electron chi connectivity index (χ0n) is 9.40. The van der Waals surface area contributed by atoms with Crippen molar-refractivity contribution in [3.63, 3.8) is 0 Å². The van der Waals surface area contributed by atoms with E-state index in [0.29, 0.717) is 0 Å². The first-order chi connectivity index (χ1) is 8.69. The van der Waals surface area contributed by atoms with E-state index >= 15 is 0 Å². The van der Waals surface area contributed by atoms with Gasteiger partial charge in [-0.2, -0.15) is 5.26 Å². The summed E-state index contributed by atoms with van der Waals surface area (Å²) in [7, 11) is 0. The third-order valence-electron chi connectivity index (χ3n) is 2.45. The lowest BCUT2D eigenvalue weighted by Crippen LogP contribution is -2.08. The molecular formula is C14H10Br2N2. The first-order valence-corrected chi connectivity index (χ1v) is 6.95. The van der Waals surface area contributed by atoms with Gasteiger partial charge in [-0.05, 0) is 35.9 Å². The molecule has 0 heterocycles. The van der Waals surface area contributed by atoms with E-state index in [2.05, 4.69) is 43.2 Å². The molecule has 90 valence electrons. The smallest absolute Gasteiger partial charge is 0.140 e. The fraction of sp³-hybridized carbons (Fsp3) is 0.0714. The normalized spacial score (nSPS) is 11.6. The van der Waals surface area contributed by atoms with Crippen molar-refractivity contribution in [2.75, 3.05) is 5.32 Å². The molecule has 2 nitrogen and oxygen atoms in total. The fourth-order valence-corrected chi connectivity index (χ4v) is 2.44. The molecule has 0 bridgehead atoms. The molecule has 0 radical (unpaired) electrons. The average Bonchev–Trinajstić information content (AvgIpc) is 2.36. The van der Waals surface area contributed by atoms with Crippen molar-refractivity contribution in [1.82, 2.24) is 0 Å². The summed E-state index contributed by atoms with van der Waals surface area (Å²) in [6.45, 7) is 0. The number of hydrogen-bond acceptors (Lipinski definition) is 2. The number of benzene rings is 2. The Hall–Kier alpha value is -1.31. The van der Waals surface area contributed by atoms with Crippen LogP contribution in [0.3, 0.4) is 0 Å². The minimum atomic E-state index is -0.364. The van der Waals surface area contributed by atoms with Crippen molar-refractivity contribution in [3.8, 4) is 6.07 Å². The average molecular weight is 366 g/mol. The number of anilines is 1. The molecule has 2 aromatic rings. The lowest BCUT2D eigenvalue weighted by molar-refractivity contribution is 0.996. The number of halogens is 2. The fourth-order valence-electron chi connectivity index (χ4n) is 1.62. The van der Waals surface area contributed by atoms with Crippen LogP contribution in [-0.4, -0.2) is 0 Å². The van der Waals surface area contributed by atoms with Gasteiger partial charge in [0.2, 0.25) is 0 Å². The SMILES string of the molecule is N#CC(Nc1cccc(Br)c1)c1cccc(Br)c1. The maximum absolute atomic E-state index is 9.26. The van der Waals surface area contributed by atoms with Gasteiger partial charge in [-0.3, -0.25) is 0 Å². The van der Waals surface area contributed by atoms with Crippen LogP contribution in [0.25, 0.3) is 0 Å². The number of rotatable bonds is 3. The van der Waals surface area contributed by atoms with E-state index in [1.165, 1.54) is 0 Å². The Labute approximate surface area is 123 Å². The predicted molar refractivity (Wildman–Crippen MR) is 80.3 cm³/mol. The Morgan fingerprint density at radius 2 is 1.67 bits per heavy atom. The molecule has 0 spiro atoms. The Morgan fingerprint density at radius 3 is 2.28 bits per heavy atom. The number of hydrogen-bond donors (Lipinski definition) is 1. The van der Waals surface area contributed by atoms with E-state index in [9.17, 15) is 5.26 Å². The Balaban J connectivity index is 2.23. The third-order valence-corrected chi connectivity index (χ3v) is 3.43. The third kappa shape index (κ3) is 3.34. The quantitative estimate of drug-likeness (QED) is 0.840. The van der Waals surface area contributed by atoms with Crippen molar-refractivity contribution >= 4 is 37.5 Å². The molecule has 18 heavy (non-hydrogen) atoms. The second kappa shape index (κ2) is 6.03. The molecular weight excluding hydrogens is 356 g/mol. The largest absolute Gasteiger partial charge is 0.366 e. The van der Waals surface area contributed by atoms with Gasteiger partial charge in [0.05, 0.1) is 6.07 Å². The highest BCUT2D eigenvalue weighted by molar-refractivity contribution is 9.10. The summed E-state index contributed by atoms with van der Waals surface area (Å²) >= 11 is 6.82. The van der Waals surface area contributed by atoms with Crippen LogP contribution in [0, 0.1) is 11.3 Å². The number of nitrogens with one attached hydrogen (secondary N) is 1. The van der Waals surface area contributed by atoms with Crippen molar-refractivity contribution in [1.29, 1.82) is 5.26 Å². The van der Waals surface area contributed by atoms with Gasteiger partial charge in [-0.15, -0.1) is 0 Å². The molecule has 0 aromatic heterocycles. The predicted octanol–water partition coefficient (Wildman–Crippen LogP) is 4.89. The van der Waals surface area contributed by atoms with Crippen LogP contribution in [0.1, 0.15) is 11.6 Å². The van der Waals surface area contributed by atoms with Gasteiger partial charge in [0.15, 0.2) is 0 Å². The van der Waals surface area contributed by atoms with Gasteiger partial charge >= 0.3 is 0 Å². The molecule has 2 rings (SSSR count). The summed E-state index contributed by atoms with van der Waals surface area (Å²) in [6.07, 6.45) is 0. The van der Waals surface area contributed by atoms with Gasteiger partial charge in [-0.25, -0.2) is 0 Å². The Morgan fingerprint density at radius 1 is 1.00 bits per heavy atom. The zero-order valence-corrected chi connectivity index (χ0v) is 12.6. The van der Waals surface area contributed by atoms with E-state index < -0.39 is 0 Å². The van der Waals surface area contributed by atoms with Crippen LogP contribution in [0.5, 0.6) is 0 Å². The van der Waals surface area contributed by atoms with Crippen molar-refractivity contribution < 1.29 is 0 Å². The Kier molecular flexibility index (Phi) is 4.40. The van der Waals surface area contributed by atoms with Crippen LogP contribution in [-0.2, 0) is 0 Å². The molecule has 0 saturated heterocycles. The molecule has 0 fully saturated rings. The van der Waals surface area contributed by atoms with Crippen molar-refractivity contribution in [2.24, 2.45) is 0 Å². The topological polar surface area (TPSA) is 35.8 Å². The van der Waals surface area contributed by atoms with E-state index in [1.807, 2.05) is 48.5 Å². The van der Waals surface area contributed by atoms with E-state index in [0.717, 1.165) is 20.2 Å². The molecule has 0 amide bonds. The summed E-state index contributed by atoms with van der Waals surface area (Å²) in [5.41, 5.74) is 1.85. The van der Waals surface area contributed by atoms with Gasteiger partial charge in [0.1, 0.15) is 6.04 Å². The van der Waals surface area contributed by atoms with Gasteiger partial charge < -0.3 is 5.32 Å². The van der Waals surface area contributed by atoms with E-state index in [1.54, 1.807) is 0 Å². The summed E-state index contributed by atoms with van der Waals surface area (Å²) in [4.78, 5) is 0. The molecule has 4 heteroatoms. The maximum Gasteiger partial charge on any atom is 0.140 e. The molecule has 2 aromatic carbocycles. The number of nitriles is 1. The molecule has 0 saturated carbocycles. The monoisotopic (exact) mass is 364 g/mol. The summed E-state index contributed by atoms with van der Waals surface area (Å²) < 4.78 is 1.95. The molecule has 1 atom stereocenters. The van der Waals surface area contributed by atoms with Crippen LogP contribution in [0.15, 0.2) is 57.5 Å². The van der Waals surface area contributed by atoms with Gasteiger partial charge in [-0.1, -0.05) is 50.1 Å². The van der Waals surface area contributed by atoms with Crippen LogP contribution in [0.2, 0.25) is 0 Å². The summed E-state index contributed by atoms with van der Waals surface area (Å²) in [5, 5.41) is 12.5. The van der Waals surface area contributed by atoms with Gasteiger partial charge in [0, 0.05) is 14.6 Å². The lowest BCUT2D eigenvalue weighted by Gasteiger charge is -2.13.